The maximum absolute atomic E-state index is 13.1. The number of amides is 1. The zero-order valence-electron chi connectivity index (χ0n) is 10.7. The topological polar surface area (TPSA) is 93.2 Å². The Bertz CT molecular complexity index is 600. The first kappa shape index (κ1) is 14.2. The number of aromatic nitrogens is 2. The summed E-state index contributed by atoms with van der Waals surface area (Å²) in [7, 11) is 0. The molecule has 6 nitrogen and oxygen atoms in total. The maximum atomic E-state index is 13.1. The Morgan fingerprint density at radius 1 is 1.55 bits per heavy atom. The van der Waals surface area contributed by atoms with E-state index in [1.54, 1.807) is 12.1 Å². The highest BCUT2D eigenvalue weighted by molar-refractivity contribution is 5.93. The number of rotatable bonds is 5. The lowest BCUT2D eigenvalue weighted by Crippen LogP contribution is -2.35. The van der Waals surface area contributed by atoms with Crippen LogP contribution in [0.4, 0.5) is 4.39 Å². The van der Waals surface area contributed by atoms with Crippen molar-refractivity contribution in [2.24, 2.45) is 5.73 Å². The molecular weight excluding hydrogens is 263 g/mol. The van der Waals surface area contributed by atoms with Crippen molar-refractivity contribution in [3.63, 3.8) is 0 Å². The highest BCUT2D eigenvalue weighted by Crippen LogP contribution is 2.10. The molecule has 0 radical (unpaired) electrons. The fraction of sp³-hybridized carbons (Fsp3) is 0.231. The summed E-state index contributed by atoms with van der Waals surface area (Å²) in [4.78, 5) is 11.8. The van der Waals surface area contributed by atoms with Crippen LogP contribution >= 0.6 is 0 Å². The molecule has 0 aliphatic rings. The molecule has 7 heteroatoms. The van der Waals surface area contributed by atoms with Crippen LogP contribution in [0.25, 0.3) is 5.69 Å². The third kappa shape index (κ3) is 3.40. The summed E-state index contributed by atoms with van der Waals surface area (Å²) in [5.41, 5.74) is 6.08. The molecule has 2 rings (SSSR count). The van der Waals surface area contributed by atoms with Gasteiger partial charge in [-0.25, -0.2) is 9.07 Å². The summed E-state index contributed by atoms with van der Waals surface area (Å²) in [6.07, 6.45) is 2.07. The minimum absolute atomic E-state index is 0.0699. The van der Waals surface area contributed by atoms with Gasteiger partial charge in [-0.1, -0.05) is 6.07 Å². The molecule has 1 aromatic carbocycles. The summed E-state index contributed by atoms with van der Waals surface area (Å²) in [5, 5.41) is 15.8. The molecule has 0 aliphatic heterocycles. The van der Waals surface area contributed by atoms with Gasteiger partial charge in [-0.15, -0.1) is 0 Å². The number of aliphatic hydroxyl groups excluding tert-OH is 1. The number of carbonyl (C=O) groups is 1. The van der Waals surface area contributed by atoms with Gasteiger partial charge in [0.25, 0.3) is 5.91 Å². The minimum atomic E-state index is -0.780. The number of nitrogens with one attached hydrogen (secondary N) is 1. The molecule has 106 valence electrons. The number of nitrogens with two attached hydrogens (primary N) is 1. The number of carbonyl (C=O) groups excluding carboxylic acids is 1. The summed E-state index contributed by atoms with van der Waals surface area (Å²) >= 11 is 0. The van der Waals surface area contributed by atoms with E-state index in [1.807, 2.05) is 0 Å². The Kier molecular flexibility index (Phi) is 4.44. The molecule has 1 heterocycles. The Balaban J connectivity index is 2.07. The fourth-order valence-corrected chi connectivity index (χ4v) is 1.60. The van der Waals surface area contributed by atoms with E-state index in [0.717, 1.165) is 0 Å². The van der Waals surface area contributed by atoms with Crippen LogP contribution in [0, 0.1) is 5.82 Å². The van der Waals surface area contributed by atoms with E-state index >= 15 is 0 Å². The van der Waals surface area contributed by atoms with Crippen molar-refractivity contribution in [1.82, 2.24) is 15.1 Å². The maximum Gasteiger partial charge on any atom is 0.254 e. The molecular formula is C13H15FN4O2. The summed E-state index contributed by atoms with van der Waals surface area (Å²) in [6, 6.07) is 5.88. The molecule has 0 fully saturated rings. The average Bonchev–Trinajstić information content (AvgIpc) is 2.94. The number of hydrogen-bond donors (Lipinski definition) is 3. The number of benzene rings is 1. The smallest absolute Gasteiger partial charge is 0.254 e. The number of hydrogen-bond acceptors (Lipinski definition) is 4. The van der Waals surface area contributed by atoms with Gasteiger partial charge >= 0.3 is 0 Å². The van der Waals surface area contributed by atoms with Crippen molar-refractivity contribution in [3.8, 4) is 5.69 Å². The van der Waals surface area contributed by atoms with Crippen LogP contribution in [-0.4, -0.2) is 40.0 Å². The van der Waals surface area contributed by atoms with Crippen molar-refractivity contribution in [1.29, 1.82) is 0 Å². The van der Waals surface area contributed by atoms with Gasteiger partial charge < -0.3 is 16.2 Å². The number of nitrogens with zero attached hydrogens (tertiary/aromatic N) is 2. The lowest BCUT2D eigenvalue weighted by atomic mass is 10.3. The SMILES string of the molecule is NCC(O)CNC(=O)c1cnn(-c2cccc(F)c2)c1. The van der Waals surface area contributed by atoms with E-state index in [4.69, 9.17) is 5.73 Å². The van der Waals surface area contributed by atoms with Gasteiger partial charge in [0.2, 0.25) is 0 Å². The largest absolute Gasteiger partial charge is 0.390 e. The Hall–Kier alpha value is -2.25. The van der Waals surface area contributed by atoms with E-state index < -0.39 is 6.10 Å². The molecule has 0 saturated carbocycles. The molecule has 0 aliphatic carbocycles. The predicted octanol–water partition coefficient (Wildman–Crippen LogP) is 0.0608. The lowest BCUT2D eigenvalue weighted by molar-refractivity contribution is 0.0920. The van der Waals surface area contributed by atoms with Crippen molar-refractivity contribution in [2.45, 2.75) is 6.10 Å². The van der Waals surface area contributed by atoms with Gasteiger partial charge in [-0.2, -0.15) is 5.10 Å². The summed E-state index contributed by atoms with van der Waals surface area (Å²) < 4.78 is 14.5. The van der Waals surface area contributed by atoms with Gasteiger partial charge in [0, 0.05) is 19.3 Å². The Labute approximate surface area is 115 Å². The fourth-order valence-electron chi connectivity index (χ4n) is 1.60. The quantitative estimate of drug-likeness (QED) is 0.721. The van der Waals surface area contributed by atoms with Crippen LogP contribution in [0.3, 0.4) is 0 Å². The zero-order chi connectivity index (χ0) is 14.5. The van der Waals surface area contributed by atoms with Crippen LogP contribution in [-0.2, 0) is 0 Å². The average molecular weight is 278 g/mol. The molecule has 0 saturated heterocycles. The standard InChI is InChI=1S/C13H15FN4O2/c14-10-2-1-3-11(4-10)18-8-9(6-17-18)13(20)16-7-12(19)5-15/h1-4,6,8,12,19H,5,7,15H2,(H,16,20). The van der Waals surface area contributed by atoms with Gasteiger partial charge in [-0.3, -0.25) is 4.79 Å². The van der Waals surface area contributed by atoms with Gasteiger partial charge in [-0.05, 0) is 18.2 Å². The summed E-state index contributed by atoms with van der Waals surface area (Å²) in [5.74, 6) is -0.754. The van der Waals surface area contributed by atoms with Crippen molar-refractivity contribution >= 4 is 5.91 Å². The Morgan fingerprint density at radius 2 is 2.35 bits per heavy atom. The number of halogens is 1. The van der Waals surface area contributed by atoms with E-state index in [-0.39, 0.29) is 24.8 Å². The zero-order valence-corrected chi connectivity index (χ0v) is 10.7. The monoisotopic (exact) mass is 278 g/mol. The first-order chi connectivity index (χ1) is 9.60. The van der Waals surface area contributed by atoms with Crippen molar-refractivity contribution in [2.75, 3.05) is 13.1 Å². The van der Waals surface area contributed by atoms with E-state index in [9.17, 15) is 14.3 Å². The highest BCUT2D eigenvalue weighted by Gasteiger charge is 2.11. The predicted molar refractivity (Wildman–Crippen MR) is 70.9 cm³/mol. The molecule has 2 aromatic rings. The van der Waals surface area contributed by atoms with Crippen molar-refractivity contribution < 1.29 is 14.3 Å². The first-order valence-corrected chi connectivity index (χ1v) is 6.07. The second-order valence-electron chi connectivity index (χ2n) is 4.25. The van der Waals surface area contributed by atoms with E-state index in [1.165, 1.54) is 29.2 Å². The van der Waals surface area contributed by atoms with E-state index in [0.29, 0.717) is 11.3 Å². The third-order valence-electron chi connectivity index (χ3n) is 2.69. The molecule has 1 amide bonds. The molecule has 1 unspecified atom stereocenters. The van der Waals surface area contributed by atoms with Crippen molar-refractivity contribution in [3.05, 3.63) is 48.0 Å². The molecule has 1 atom stereocenters. The van der Waals surface area contributed by atoms with Crippen LogP contribution in [0.15, 0.2) is 36.7 Å². The Morgan fingerprint density at radius 3 is 3.05 bits per heavy atom. The third-order valence-corrected chi connectivity index (χ3v) is 2.69. The lowest BCUT2D eigenvalue weighted by Gasteiger charge is -2.08. The second-order valence-corrected chi connectivity index (χ2v) is 4.25. The highest BCUT2D eigenvalue weighted by atomic mass is 19.1. The van der Waals surface area contributed by atoms with E-state index in [2.05, 4.69) is 10.4 Å². The molecule has 1 aromatic heterocycles. The van der Waals surface area contributed by atoms with Crippen LogP contribution < -0.4 is 11.1 Å². The normalized spacial score (nSPS) is 12.2. The number of aliphatic hydroxyl groups is 1. The van der Waals surface area contributed by atoms with Crippen LogP contribution in [0.2, 0.25) is 0 Å². The molecule has 0 spiro atoms. The van der Waals surface area contributed by atoms with Gasteiger partial charge in [0.15, 0.2) is 0 Å². The van der Waals surface area contributed by atoms with Gasteiger partial charge in [0.05, 0.1) is 23.6 Å². The summed E-state index contributed by atoms with van der Waals surface area (Å²) in [6.45, 7) is 0.142. The second kappa shape index (κ2) is 6.27. The van der Waals surface area contributed by atoms with Gasteiger partial charge in [0.1, 0.15) is 5.82 Å². The molecule has 20 heavy (non-hydrogen) atoms. The van der Waals surface area contributed by atoms with Crippen LogP contribution in [0.1, 0.15) is 10.4 Å². The molecule has 4 N–H and O–H groups in total. The molecule has 0 bridgehead atoms. The minimum Gasteiger partial charge on any atom is -0.390 e. The van der Waals surface area contributed by atoms with Crippen LogP contribution in [0.5, 0.6) is 0 Å². The first-order valence-electron chi connectivity index (χ1n) is 6.07.